The number of benzene rings is 2. The molecule has 1 aliphatic rings. The van der Waals surface area contributed by atoms with Crippen LogP contribution in [0.15, 0.2) is 54.6 Å². The summed E-state index contributed by atoms with van der Waals surface area (Å²) in [6.07, 6.45) is 1.36. The molecule has 0 aromatic heterocycles. The third-order valence-electron chi connectivity index (χ3n) is 5.15. The van der Waals surface area contributed by atoms with Gasteiger partial charge in [-0.3, -0.25) is 9.59 Å². The fourth-order valence-corrected chi connectivity index (χ4v) is 3.63. The first-order valence-electron chi connectivity index (χ1n) is 9.82. The topological polar surface area (TPSA) is 49.4 Å². The van der Waals surface area contributed by atoms with E-state index in [1.807, 2.05) is 73.3 Å². The maximum atomic E-state index is 12.9. The standard InChI is InChI=1S/C23H27ClN2O2/c1-16(2)26(15-18-7-4-3-5-8-18)23(28)21-14-20(21)22(27)25-12-11-17-9-6-10-19(24)13-17/h3-10,13,16,20-21H,11-12,14-15H2,1-2H3,(H,25,27). The molecule has 0 aliphatic heterocycles. The minimum Gasteiger partial charge on any atom is -0.356 e. The molecule has 28 heavy (non-hydrogen) atoms. The molecule has 3 rings (SSSR count). The highest BCUT2D eigenvalue weighted by atomic mass is 35.5. The zero-order chi connectivity index (χ0) is 20.1. The Balaban J connectivity index is 1.49. The van der Waals surface area contributed by atoms with Gasteiger partial charge in [0.1, 0.15) is 0 Å². The molecule has 1 aliphatic carbocycles. The van der Waals surface area contributed by atoms with E-state index in [1.54, 1.807) is 0 Å². The quantitative estimate of drug-likeness (QED) is 0.728. The molecule has 0 heterocycles. The van der Waals surface area contributed by atoms with Gasteiger partial charge in [0.25, 0.3) is 0 Å². The van der Waals surface area contributed by atoms with Gasteiger partial charge in [-0.25, -0.2) is 0 Å². The zero-order valence-electron chi connectivity index (χ0n) is 16.4. The van der Waals surface area contributed by atoms with Gasteiger partial charge in [-0.05, 0) is 49.9 Å². The maximum absolute atomic E-state index is 12.9. The Kier molecular flexibility index (Phi) is 6.74. The van der Waals surface area contributed by atoms with Crippen molar-refractivity contribution < 1.29 is 9.59 Å². The molecule has 2 aromatic rings. The van der Waals surface area contributed by atoms with Gasteiger partial charge in [-0.2, -0.15) is 0 Å². The van der Waals surface area contributed by atoms with E-state index in [4.69, 9.17) is 11.6 Å². The average molecular weight is 399 g/mol. The van der Waals surface area contributed by atoms with E-state index >= 15 is 0 Å². The van der Waals surface area contributed by atoms with E-state index in [1.165, 1.54) is 0 Å². The second-order valence-corrected chi connectivity index (χ2v) is 8.10. The van der Waals surface area contributed by atoms with Gasteiger partial charge in [0.2, 0.25) is 11.8 Å². The molecule has 2 aromatic carbocycles. The highest BCUT2D eigenvalue weighted by molar-refractivity contribution is 6.30. The minimum atomic E-state index is -0.205. The van der Waals surface area contributed by atoms with Crippen LogP contribution >= 0.6 is 11.6 Å². The lowest BCUT2D eigenvalue weighted by Gasteiger charge is -2.27. The van der Waals surface area contributed by atoms with Crippen molar-refractivity contribution in [2.24, 2.45) is 11.8 Å². The molecule has 2 amide bonds. The molecular formula is C23H27ClN2O2. The minimum absolute atomic E-state index is 0.0243. The first kappa shape index (κ1) is 20.4. The SMILES string of the molecule is CC(C)N(Cc1ccccc1)C(=O)C1CC1C(=O)NCCc1cccc(Cl)c1. The number of rotatable bonds is 8. The molecule has 2 unspecified atom stereocenters. The predicted molar refractivity (Wildman–Crippen MR) is 112 cm³/mol. The van der Waals surface area contributed by atoms with Crippen LogP contribution in [0.5, 0.6) is 0 Å². The van der Waals surface area contributed by atoms with Gasteiger partial charge in [-0.1, -0.05) is 54.1 Å². The first-order chi connectivity index (χ1) is 13.5. The van der Waals surface area contributed by atoms with Gasteiger partial charge >= 0.3 is 0 Å². The number of carbonyl (C=O) groups excluding carboxylic acids is 2. The molecule has 1 N–H and O–H groups in total. The van der Waals surface area contributed by atoms with Crippen molar-refractivity contribution in [2.75, 3.05) is 6.54 Å². The summed E-state index contributed by atoms with van der Waals surface area (Å²) >= 11 is 5.98. The largest absolute Gasteiger partial charge is 0.356 e. The zero-order valence-corrected chi connectivity index (χ0v) is 17.2. The Bertz CT molecular complexity index is 822. The lowest BCUT2D eigenvalue weighted by atomic mass is 10.1. The van der Waals surface area contributed by atoms with E-state index in [-0.39, 0.29) is 29.7 Å². The summed E-state index contributed by atoms with van der Waals surface area (Å²) in [4.78, 5) is 27.2. The van der Waals surface area contributed by atoms with Crippen LogP contribution in [0, 0.1) is 11.8 Å². The molecular weight excluding hydrogens is 372 g/mol. The Labute approximate surface area is 171 Å². The monoisotopic (exact) mass is 398 g/mol. The first-order valence-corrected chi connectivity index (χ1v) is 10.2. The number of amides is 2. The van der Waals surface area contributed by atoms with Gasteiger partial charge in [0.05, 0.1) is 11.8 Å². The number of hydrogen-bond acceptors (Lipinski definition) is 2. The lowest BCUT2D eigenvalue weighted by molar-refractivity contribution is -0.136. The fourth-order valence-electron chi connectivity index (χ4n) is 3.42. The molecule has 0 saturated heterocycles. The van der Waals surface area contributed by atoms with Gasteiger partial charge in [0.15, 0.2) is 0 Å². The van der Waals surface area contributed by atoms with Crippen molar-refractivity contribution in [2.45, 2.75) is 39.3 Å². The number of carbonyl (C=O) groups is 2. The van der Waals surface area contributed by atoms with Crippen LogP contribution in [0.25, 0.3) is 0 Å². The van der Waals surface area contributed by atoms with E-state index < -0.39 is 0 Å². The van der Waals surface area contributed by atoms with E-state index in [9.17, 15) is 9.59 Å². The normalized spacial score (nSPS) is 18.0. The molecule has 148 valence electrons. The molecule has 0 bridgehead atoms. The summed E-state index contributed by atoms with van der Waals surface area (Å²) in [6, 6.07) is 17.7. The maximum Gasteiger partial charge on any atom is 0.227 e. The fraction of sp³-hybridized carbons (Fsp3) is 0.391. The van der Waals surface area contributed by atoms with Crippen molar-refractivity contribution >= 4 is 23.4 Å². The second-order valence-electron chi connectivity index (χ2n) is 7.67. The Morgan fingerprint density at radius 2 is 1.79 bits per heavy atom. The highest BCUT2D eigenvalue weighted by Crippen LogP contribution is 2.40. The van der Waals surface area contributed by atoms with E-state index in [2.05, 4.69) is 5.32 Å². The van der Waals surface area contributed by atoms with Crippen molar-refractivity contribution in [3.05, 3.63) is 70.7 Å². The average Bonchev–Trinajstić information content (AvgIpc) is 3.47. The van der Waals surface area contributed by atoms with Crippen LogP contribution in [0.1, 0.15) is 31.4 Å². The lowest BCUT2D eigenvalue weighted by Crippen LogP contribution is -2.38. The summed E-state index contributed by atoms with van der Waals surface area (Å²) in [5.74, 6) is -0.348. The van der Waals surface area contributed by atoms with Gasteiger partial charge < -0.3 is 10.2 Å². The van der Waals surface area contributed by atoms with Crippen LogP contribution < -0.4 is 5.32 Å². The third-order valence-corrected chi connectivity index (χ3v) is 5.38. The molecule has 0 radical (unpaired) electrons. The van der Waals surface area contributed by atoms with Crippen LogP contribution in [0.3, 0.4) is 0 Å². The number of hydrogen-bond donors (Lipinski definition) is 1. The third kappa shape index (κ3) is 5.35. The van der Waals surface area contributed by atoms with E-state index in [0.717, 1.165) is 17.5 Å². The van der Waals surface area contributed by atoms with Gasteiger partial charge in [-0.15, -0.1) is 0 Å². The Morgan fingerprint density at radius 1 is 1.07 bits per heavy atom. The summed E-state index contributed by atoms with van der Waals surface area (Å²) in [5.41, 5.74) is 2.19. The second kappa shape index (κ2) is 9.24. The van der Waals surface area contributed by atoms with Crippen molar-refractivity contribution in [3.63, 3.8) is 0 Å². The number of nitrogens with one attached hydrogen (secondary N) is 1. The van der Waals surface area contributed by atoms with Crippen molar-refractivity contribution in [1.82, 2.24) is 10.2 Å². The predicted octanol–water partition coefficient (Wildman–Crippen LogP) is 4.07. The Morgan fingerprint density at radius 3 is 2.46 bits per heavy atom. The van der Waals surface area contributed by atoms with Crippen molar-refractivity contribution in [1.29, 1.82) is 0 Å². The number of halogens is 1. The molecule has 4 nitrogen and oxygen atoms in total. The summed E-state index contributed by atoms with van der Waals surface area (Å²) in [7, 11) is 0. The van der Waals surface area contributed by atoms with Crippen LogP contribution in [-0.4, -0.2) is 29.3 Å². The van der Waals surface area contributed by atoms with Crippen LogP contribution in [-0.2, 0) is 22.6 Å². The molecule has 2 atom stereocenters. The van der Waals surface area contributed by atoms with Crippen LogP contribution in [0.2, 0.25) is 5.02 Å². The Hall–Kier alpha value is -2.33. The number of nitrogens with zero attached hydrogens (tertiary/aromatic N) is 1. The smallest absolute Gasteiger partial charge is 0.227 e. The molecule has 1 saturated carbocycles. The van der Waals surface area contributed by atoms with Crippen molar-refractivity contribution in [3.8, 4) is 0 Å². The van der Waals surface area contributed by atoms with Gasteiger partial charge in [0, 0.05) is 24.2 Å². The van der Waals surface area contributed by atoms with Crippen LogP contribution in [0.4, 0.5) is 0 Å². The molecule has 5 heteroatoms. The molecule has 0 spiro atoms. The molecule has 1 fully saturated rings. The summed E-state index contributed by atoms with van der Waals surface area (Å²) < 4.78 is 0. The van der Waals surface area contributed by atoms with E-state index in [0.29, 0.717) is 24.5 Å². The summed E-state index contributed by atoms with van der Waals surface area (Å²) in [5, 5.41) is 3.66. The highest BCUT2D eigenvalue weighted by Gasteiger charge is 2.49. The summed E-state index contributed by atoms with van der Waals surface area (Å²) in [6.45, 7) is 5.16.